The molecule has 2 aromatic heterocycles. The van der Waals surface area contributed by atoms with Gasteiger partial charge in [0.15, 0.2) is 0 Å². The van der Waals surface area contributed by atoms with Gasteiger partial charge in [-0.25, -0.2) is 9.98 Å². The second-order valence-electron chi connectivity index (χ2n) is 9.35. The van der Waals surface area contributed by atoms with Crippen molar-refractivity contribution in [2.24, 2.45) is 4.99 Å². The van der Waals surface area contributed by atoms with Crippen LogP contribution in [-0.2, 0) is 16.4 Å². The molecule has 1 atom stereocenters. The molecule has 1 saturated heterocycles. The van der Waals surface area contributed by atoms with Gasteiger partial charge in [0.05, 0.1) is 16.5 Å². The number of nitrogens with one attached hydrogen (secondary N) is 4. The third kappa shape index (κ3) is 5.23. The van der Waals surface area contributed by atoms with E-state index >= 15 is 0 Å². The maximum Gasteiger partial charge on any atom is 0.416 e. The lowest BCUT2D eigenvalue weighted by molar-refractivity contribution is -0.137. The largest absolute Gasteiger partial charge is 0.416 e. The molecule has 9 nitrogen and oxygen atoms in total. The number of amides is 3. The lowest BCUT2D eigenvalue weighted by Gasteiger charge is -2.35. The summed E-state index contributed by atoms with van der Waals surface area (Å²) in [6.45, 7) is 4.79. The number of aliphatic imine (C=N–C) groups is 1. The molecular formula is C27H23F3N6O3. The number of rotatable bonds is 5. The number of aromatic nitrogens is 2. The van der Waals surface area contributed by atoms with Crippen LogP contribution in [-0.4, -0.2) is 47.0 Å². The van der Waals surface area contributed by atoms with Gasteiger partial charge < -0.3 is 20.9 Å². The molecule has 1 spiro atoms. The Labute approximate surface area is 220 Å². The van der Waals surface area contributed by atoms with Crippen molar-refractivity contribution in [2.75, 3.05) is 23.7 Å². The van der Waals surface area contributed by atoms with Crippen LogP contribution >= 0.6 is 0 Å². The minimum absolute atomic E-state index is 0.0794. The first-order valence-electron chi connectivity index (χ1n) is 12.1. The maximum atomic E-state index is 13.4. The number of carbonyl (C=O) groups is 3. The number of halogens is 3. The van der Waals surface area contributed by atoms with Crippen LogP contribution in [0.15, 0.2) is 60.2 Å². The van der Waals surface area contributed by atoms with Crippen LogP contribution in [0, 0.1) is 0 Å². The molecule has 2 aliphatic heterocycles. The number of benzene rings is 1. The van der Waals surface area contributed by atoms with Crippen molar-refractivity contribution in [1.29, 1.82) is 0 Å². The van der Waals surface area contributed by atoms with Gasteiger partial charge in [-0.15, -0.1) is 0 Å². The van der Waals surface area contributed by atoms with Crippen molar-refractivity contribution in [2.45, 2.75) is 24.4 Å². The third-order valence-corrected chi connectivity index (χ3v) is 6.68. The Kier molecular flexibility index (Phi) is 6.64. The molecular weight excluding hydrogens is 513 g/mol. The van der Waals surface area contributed by atoms with Crippen LogP contribution < -0.4 is 16.0 Å². The van der Waals surface area contributed by atoms with Crippen molar-refractivity contribution in [3.8, 4) is 11.3 Å². The summed E-state index contributed by atoms with van der Waals surface area (Å²) in [6.07, 6.45) is 1.04. The summed E-state index contributed by atoms with van der Waals surface area (Å²) in [5.41, 5.74) is 0.372. The van der Waals surface area contributed by atoms with Gasteiger partial charge in [-0.2, -0.15) is 13.2 Å². The van der Waals surface area contributed by atoms with Gasteiger partial charge >= 0.3 is 6.18 Å². The standard InChI is InChI=1S/C27H23F3N6O3/c1-2-22(37)34-18-9-16(8-17(11-18)27(28,29)30)24(38)36-21-10-15(4-7-32-21)20-12-19-23(35-20)26(14-33-25(19)39)5-3-6-31-13-26/h2,4,7-12,14,31,35H,1,3,5-6,13H2,(H,34,37)(H,32,36,38). The second-order valence-corrected chi connectivity index (χ2v) is 9.35. The van der Waals surface area contributed by atoms with Crippen LogP contribution in [0.25, 0.3) is 11.3 Å². The van der Waals surface area contributed by atoms with E-state index in [0.29, 0.717) is 29.4 Å². The molecule has 3 aromatic rings. The number of piperidine rings is 1. The number of pyridine rings is 1. The van der Waals surface area contributed by atoms with Crippen LogP contribution in [0.1, 0.15) is 44.8 Å². The molecule has 1 fully saturated rings. The summed E-state index contributed by atoms with van der Waals surface area (Å²) >= 11 is 0. The summed E-state index contributed by atoms with van der Waals surface area (Å²) in [4.78, 5) is 48.6. The lowest BCUT2D eigenvalue weighted by Crippen LogP contribution is -2.47. The summed E-state index contributed by atoms with van der Waals surface area (Å²) < 4.78 is 40.3. The first-order valence-corrected chi connectivity index (χ1v) is 12.1. The molecule has 0 radical (unpaired) electrons. The highest BCUT2D eigenvalue weighted by molar-refractivity contribution is 6.07. The molecule has 0 bridgehead atoms. The summed E-state index contributed by atoms with van der Waals surface area (Å²) in [5, 5.41) is 8.10. The predicted octanol–water partition coefficient (Wildman–Crippen LogP) is 4.32. The number of anilines is 2. The highest BCUT2D eigenvalue weighted by Crippen LogP contribution is 2.37. The minimum Gasteiger partial charge on any atom is -0.357 e. The minimum atomic E-state index is -4.75. The normalized spacial score (nSPS) is 18.5. The topological polar surface area (TPSA) is 128 Å². The van der Waals surface area contributed by atoms with Crippen molar-refractivity contribution in [1.82, 2.24) is 15.3 Å². The van der Waals surface area contributed by atoms with E-state index in [0.717, 1.165) is 43.3 Å². The van der Waals surface area contributed by atoms with E-state index in [4.69, 9.17) is 0 Å². The first kappa shape index (κ1) is 26.0. The van der Waals surface area contributed by atoms with E-state index in [-0.39, 0.29) is 23.0 Å². The number of hydrogen-bond acceptors (Lipinski definition) is 5. The molecule has 2 aliphatic rings. The molecule has 4 N–H and O–H groups in total. The van der Waals surface area contributed by atoms with Crippen molar-refractivity contribution in [3.63, 3.8) is 0 Å². The van der Waals surface area contributed by atoms with E-state index in [2.05, 4.69) is 37.5 Å². The number of fused-ring (bicyclic) bond motifs is 2. The molecule has 39 heavy (non-hydrogen) atoms. The van der Waals surface area contributed by atoms with Gasteiger partial charge in [0.1, 0.15) is 5.82 Å². The van der Waals surface area contributed by atoms with Gasteiger partial charge in [0, 0.05) is 47.2 Å². The molecule has 12 heteroatoms. The monoisotopic (exact) mass is 536 g/mol. The van der Waals surface area contributed by atoms with Gasteiger partial charge in [0.25, 0.3) is 11.8 Å². The molecule has 3 amide bonds. The van der Waals surface area contributed by atoms with Gasteiger partial charge in [-0.1, -0.05) is 6.58 Å². The number of alkyl halides is 3. The fourth-order valence-corrected chi connectivity index (χ4v) is 4.78. The van der Waals surface area contributed by atoms with Crippen LogP contribution in [0.5, 0.6) is 0 Å². The van der Waals surface area contributed by atoms with Crippen molar-refractivity contribution >= 4 is 35.4 Å². The molecule has 4 heterocycles. The lowest BCUT2D eigenvalue weighted by atomic mass is 9.76. The Balaban J connectivity index is 1.43. The predicted molar refractivity (Wildman–Crippen MR) is 139 cm³/mol. The Morgan fingerprint density at radius 3 is 2.67 bits per heavy atom. The molecule has 1 aromatic carbocycles. The first-order chi connectivity index (χ1) is 18.6. The number of hydrogen-bond donors (Lipinski definition) is 4. The average molecular weight is 537 g/mol. The zero-order valence-corrected chi connectivity index (χ0v) is 20.5. The second kappa shape index (κ2) is 9.95. The quantitative estimate of drug-likeness (QED) is 0.361. The number of H-pyrrole nitrogens is 1. The van der Waals surface area contributed by atoms with Gasteiger partial charge in [0.2, 0.25) is 5.91 Å². The molecule has 0 saturated carbocycles. The number of nitrogens with zero attached hydrogens (tertiary/aromatic N) is 2. The van der Waals surface area contributed by atoms with E-state index in [1.54, 1.807) is 24.4 Å². The fourth-order valence-electron chi connectivity index (χ4n) is 4.78. The van der Waals surface area contributed by atoms with E-state index in [1.165, 1.54) is 6.20 Å². The highest BCUT2D eigenvalue weighted by Gasteiger charge is 2.40. The van der Waals surface area contributed by atoms with Crippen molar-refractivity contribution in [3.05, 3.63) is 77.6 Å². The Bertz CT molecular complexity index is 1520. The molecule has 1 unspecified atom stereocenters. The number of carbonyl (C=O) groups excluding carboxylic acids is 3. The number of aromatic amines is 1. The van der Waals surface area contributed by atoms with Gasteiger partial charge in [-0.05, 0) is 61.9 Å². The summed E-state index contributed by atoms with van der Waals surface area (Å²) in [7, 11) is 0. The van der Waals surface area contributed by atoms with Crippen LogP contribution in [0.3, 0.4) is 0 Å². The van der Waals surface area contributed by atoms with Gasteiger partial charge in [-0.3, -0.25) is 14.4 Å². The molecule has 5 rings (SSSR count). The van der Waals surface area contributed by atoms with Crippen molar-refractivity contribution < 1.29 is 27.6 Å². The van der Waals surface area contributed by atoms with E-state index < -0.39 is 29.0 Å². The molecule has 0 aliphatic carbocycles. The zero-order valence-electron chi connectivity index (χ0n) is 20.5. The Morgan fingerprint density at radius 1 is 1.13 bits per heavy atom. The SMILES string of the molecule is C=CC(=O)Nc1cc(C(=O)Nc2cc(-c3cc4c([nH]3)C3(C=NC4=O)CCCNC3)ccn2)cc(C(F)(F)F)c1. The average Bonchev–Trinajstić information content (AvgIpc) is 3.39. The van der Waals surface area contributed by atoms with Crippen LogP contribution in [0.2, 0.25) is 0 Å². The maximum absolute atomic E-state index is 13.4. The van der Waals surface area contributed by atoms with E-state index in [1.807, 2.05) is 0 Å². The summed E-state index contributed by atoms with van der Waals surface area (Å²) in [6, 6.07) is 7.46. The fraction of sp³-hybridized carbons (Fsp3) is 0.222. The Hall–Kier alpha value is -4.58. The third-order valence-electron chi connectivity index (χ3n) is 6.68. The molecule has 200 valence electrons. The van der Waals surface area contributed by atoms with Crippen LogP contribution in [0.4, 0.5) is 24.7 Å². The highest BCUT2D eigenvalue weighted by atomic mass is 19.4. The zero-order chi connectivity index (χ0) is 27.8. The smallest absolute Gasteiger partial charge is 0.357 e. The Morgan fingerprint density at radius 2 is 1.95 bits per heavy atom. The van der Waals surface area contributed by atoms with E-state index in [9.17, 15) is 27.6 Å². The summed E-state index contributed by atoms with van der Waals surface area (Å²) in [5.74, 6) is -1.86.